The molecule has 0 fully saturated rings. The van der Waals surface area contributed by atoms with Gasteiger partial charge in [-0.05, 0) is 44.0 Å². The van der Waals surface area contributed by atoms with Crippen molar-refractivity contribution in [3.05, 3.63) is 23.8 Å². The molecule has 1 aliphatic heterocycles. The molecule has 1 aliphatic rings. The zero-order valence-electron chi connectivity index (χ0n) is 10.8. The van der Waals surface area contributed by atoms with E-state index in [9.17, 15) is 13.2 Å². The molecule has 0 unspecified atom stereocenters. The van der Waals surface area contributed by atoms with Crippen molar-refractivity contribution in [2.24, 2.45) is 0 Å². The lowest BCUT2D eigenvalue weighted by Crippen LogP contribution is -2.25. The lowest BCUT2D eigenvalue weighted by atomic mass is 10.2. The van der Waals surface area contributed by atoms with Gasteiger partial charge in [0.2, 0.25) is 5.91 Å². The third kappa shape index (κ3) is 2.03. The monoisotopic (exact) mass is 267 g/mol. The summed E-state index contributed by atoms with van der Waals surface area (Å²) in [5.41, 5.74) is 1.78. The molecule has 0 saturated heterocycles. The summed E-state index contributed by atoms with van der Waals surface area (Å²) < 4.78 is 24.1. The number of anilines is 1. The van der Waals surface area contributed by atoms with Crippen molar-refractivity contribution in [2.75, 3.05) is 11.4 Å². The molecule has 1 aromatic carbocycles. The van der Waals surface area contributed by atoms with Crippen LogP contribution in [0.3, 0.4) is 0 Å². The quantitative estimate of drug-likeness (QED) is 0.820. The van der Waals surface area contributed by atoms with Crippen LogP contribution < -0.4 is 4.90 Å². The maximum atomic E-state index is 12.1. The standard InChI is InChI=1S/C13H17NO3S/c1-9(2)18(16,17)12-4-5-13-11(8-12)6-7-14(13)10(3)15/h4-5,8-9H,6-7H2,1-3H3. The fourth-order valence-electron chi connectivity index (χ4n) is 2.15. The molecule has 5 heteroatoms. The topological polar surface area (TPSA) is 54.5 Å². The molecule has 0 atom stereocenters. The summed E-state index contributed by atoms with van der Waals surface area (Å²) in [6, 6.07) is 5.03. The SMILES string of the molecule is CC(=O)N1CCc2cc(S(=O)(=O)C(C)C)ccc21. The molecule has 0 spiro atoms. The van der Waals surface area contributed by atoms with E-state index < -0.39 is 15.1 Å². The van der Waals surface area contributed by atoms with Crippen LogP contribution in [0.25, 0.3) is 0 Å². The van der Waals surface area contributed by atoms with E-state index in [2.05, 4.69) is 0 Å². The van der Waals surface area contributed by atoms with Gasteiger partial charge in [-0.1, -0.05) is 0 Å². The van der Waals surface area contributed by atoms with Gasteiger partial charge in [0, 0.05) is 19.2 Å². The van der Waals surface area contributed by atoms with Crippen molar-refractivity contribution in [3.8, 4) is 0 Å². The lowest BCUT2D eigenvalue weighted by molar-refractivity contribution is -0.116. The molecular weight excluding hydrogens is 250 g/mol. The molecular formula is C13H17NO3S. The van der Waals surface area contributed by atoms with E-state index in [4.69, 9.17) is 0 Å². The molecule has 0 radical (unpaired) electrons. The predicted octanol–water partition coefficient (Wildman–Crippen LogP) is 1.78. The van der Waals surface area contributed by atoms with Crippen LogP contribution in [-0.2, 0) is 21.1 Å². The van der Waals surface area contributed by atoms with Crippen LogP contribution in [0, 0.1) is 0 Å². The molecule has 1 aromatic rings. The molecule has 0 N–H and O–H groups in total. The number of carbonyl (C=O) groups excluding carboxylic acids is 1. The first-order valence-electron chi connectivity index (χ1n) is 5.99. The van der Waals surface area contributed by atoms with Gasteiger partial charge < -0.3 is 4.90 Å². The highest BCUT2D eigenvalue weighted by molar-refractivity contribution is 7.92. The van der Waals surface area contributed by atoms with E-state index in [1.54, 1.807) is 36.9 Å². The van der Waals surface area contributed by atoms with Crippen LogP contribution in [0.1, 0.15) is 26.3 Å². The molecule has 0 aliphatic carbocycles. The molecule has 4 nitrogen and oxygen atoms in total. The normalized spacial score (nSPS) is 15.0. The molecule has 0 aromatic heterocycles. The molecule has 0 saturated carbocycles. The van der Waals surface area contributed by atoms with E-state index in [0.29, 0.717) is 11.4 Å². The first kappa shape index (κ1) is 13.1. The van der Waals surface area contributed by atoms with E-state index in [1.165, 1.54) is 6.92 Å². The van der Waals surface area contributed by atoms with E-state index in [1.807, 2.05) is 0 Å². The van der Waals surface area contributed by atoms with Gasteiger partial charge in [-0.25, -0.2) is 8.42 Å². The minimum Gasteiger partial charge on any atom is -0.312 e. The number of amides is 1. The zero-order chi connectivity index (χ0) is 13.5. The molecule has 98 valence electrons. The van der Waals surface area contributed by atoms with Crippen molar-refractivity contribution in [2.45, 2.75) is 37.3 Å². The van der Waals surface area contributed by atoms with Gasteiger partial charge in [-0.15, -0.1) is 0 Å². The average Bonchev–Trinajstić information content (AvgIpc) is 2.71. The second-order valence-corrected chi connectivity index (χ2v) is 7.31. The summed E-state index contributed by atoms with van der Waals surface area (Å²) in [5.74, 6) is -0.00628. The van der Waals surface area contributed by atoms with Crippen LogP contribution in [-0.4, -0.2) is 26.1 Å². The van der Waals surface area contributed by atoms with E-state index in [0.717, 1.165) is 17.7 Å². The number of benzene rings is 1. The maximum Gasteiger partial charge on any atom is 0.223 e. The van der Waals surface area contributed by atoms with Crippen LogP contribution in [0.4, 0.5) is 5.69 Å². The van der Waals surface area contributed by atoms with Crippen molar-refractivity contribution in [1.29, 1.82) is 0 Å². The Morgan fingerprint density at radius 3 is 2.56 bits per heavy atom. The van der Waals surface area contributed by atoms with Crippen LogP contribution >= 0.6 is 0 Å². The number of rotatable bonds is 2. The second kappa shape index (κ2) is 4.39. The highest BCUT2D eigenvalue weighted by Gasteiger charge is 2.25. The number of nitrogens with zero attached hydrogens (tertiary/aromatic N) is 1. The molecule has 1 amide bonds. The van der Waals surface area contributed by atoms with Crippen LogP contribution in [0.5, 0.6) is 0 Å². The highest BCUT2D eigenvalue weighted by Crippen LogP contribution is 2.31. The third-order valence-electron chi connectivity index (χ3n) is 3.28. The summed E-state index contributed by atoms with van der Waals surface area (Å²) in [4.78, 5) is 13.4. The van der Waals surface area contributed by atoms with Crippen molar-refractivity contribution in [3.63, 3.8) is 0 Å². The second-order valence-electron chi connectivity index (χ2n) is 4.80. The molecule has 1 heterocycles. The Morgan fingerprint density at radius 1 is 1.33 bits per heavy atom. The first-order valence-corrected chi connectivity index (χ1v) is 7.53. The maximum absolute atomic E-state index is 12.1. The number of hydrogen-bond donors (Lipinski definition) is 0. The van der Waals surface area contributed by atoms with Gasteiger partial charge in [0.05, 0.1) is 10.1 Å². The summed E-state index contributed by atoms with van der Waals surface area (Å²) in [6.07, 6.45) is 0.719. The predicted molar refractivity (Wildman–Crippen MR) is 70.5 cm³/mol. The van der Waals surface area contributed by atoms with Gasteiger partial charge in [-0.3, -0.25) is 4.79 Å². The Hall–Kier alpha value is -1.36. The fourth-order valence-corrected chi connectivity index (χ4v) is 3.26. The van der Waals surface area contributed by atoms with Gasteiger partial charge in [0.15, 0.2) is 9.84 Å². The number of sulfone groups is 1. The summed E-state index contributed by atoms with van der Waals surface area (Å²) in [7, 11) is -3.24. The van der Waals surface area contributed by atoms with Gasteiger partial charge in [-0.2, -0.15) is 0 Å². The highest BCUT2D eigenvalue weighted by atomic mass is 32.2. The fraction of sp³-hybridized carbons (Fsp3) is 0.462. The first-order chi connectivity index (χ1) is 8.34. The molecule has 18 heavy (non-hydrogen) atoms. The van der Waals surface area contributed by atoms with Crippen molar-refractivity contribution < 1.29 is 13.2 Å². The Labute approximate surface area is 108 Å². The zero-order valence-corrected chi connectivity index (χ0v) is 11.6. The van der Waals surface area contributed by atoms with Gasteiger partial charge >= 0.3 is 0 Å². The van der Waals surface area contributed by atoms with Gasteiger partial charge in [0.25, 0.3) is 0 Å². The Morgan fingerprint density at radius 2 is 2.00 bits per heavy atom. The minimum atomic E-state index is -3.24. The largest absolute Gasteiger partial charge is 0.312 e. The van der Waals surface area contributed by atoms with Crippen LogP contribution in [0.15, 0.2) is 23.1 Å². The smallest absolute Gasteiger partial charge is 0.223 e. The van der Waals surface area contributed by atoms with Crippen molar-refractivity contribution >= 4 is 21.4 Å². The Kier molecular flexibility index (Phi) is 3.19. The summed E-state index contributed by atoms with van der Waals surface area (Å²) in [5, 5.41) is -0.430. The summed E-state index contributed by atoms with van der Waals surface area (Å²) >= 11 is 0. The van der Waals surface area contributed by atoms with Gasteiger partial charge in [0.1, 0.15) is 0 Å². The number of fused-ring (bicyclic) bond motifs is 1. The lowest BCUT2D eigenvalue weighted by Gasteiger charge is -2.15. The average molecular weight is 267 g/mol. The summed E-state index contributed by atoms with van der Waals surface area (Å²) in [6.45, 7) is 5.50. The van der Waals surface area contributed by atoms with E-state index in [-0.39, 0.29) is 5.91 Å². The Bertz CT molecular complexity index is 590. The van der Waals surface area contributed by atoms with Crippen molar-refractivity contribution in [1.82, 2.24) is 0 Å². The minimum absolute atomic E-state index is 0.00628. The van der Waals surface area contributed by atoms with Crippen LogP contribution in [0.2, 0.25) is 0 Å². The number of carbonyl (C=O) groups is 1. The van der Waals surface area contributed by atoms with E-state index >= 15 is 0 Å². The molecule has 0 bridgehead atoms. The number of hydrogen-bond acceptors (Lipinski definition) is 3. The molecule has 2 rings (SSSR count). The Balaban J connectivity index is 2.46. The third-order valence-corrected chi connectivity index (χ3v) is 5.43.